The van der Waals surface area contributed by atoms with Gasteiger partial charge in [-0.3, -0.25) is 4.79 Å². The van der Waals surface area contributed by atoms with Crippen LogP contribution in [0, 0.1) is 5.92 Å². The quantitative estimate of drug-likeness (QED) is 0.526. The number of ether oxygens (including phenoxy) is 1. The summed E-state index contributed by atoms with van der Waals surface area (Å²) in [6.45, 7) is 6.48. The largest absolute Gasteiger partial charge is 0.468 e. The Balaban J connectivity index is 2.74. The van der Waals surface area contributed by atoms with Crippen molar-refractivity contribution < 1.29 is 9.53 Å². The molecule has 0 aliphatic carbocycles. The van der Waals surface area contributed by atoms with E-state index in [0.29, 0.717) is 5.92 Å². The minimum absolute atomic E-state index is 0.170. The van der Waals surface area contributed by atoms with Gasteiger partial charge in [0.25, 0.3) is 0 Å². The van der Waals surface area contributed by atoms with Crippen LogP contribution in [0.1, 0.15) is 19.8 Å². The van der Waals surface area contributed by atoms with E-state index >= 15 is 0 Å². The first-order chi connectivity index (χ1) is 6.15. The minimum atomic E-state index is -0.511. The highest BCUT2D eigenvalue weighted by Gasteiger charge is 2.44. The summed E-state index contributed by atoms with van der Waals surface area (Å²) in [5.74, 6) is 0.148. The Morgan fingerprint density at radius 1 is 1.85 bits per heavy atom. The average molecular weight is 183 g/mol. The molecule has 2 atom stereocenters. The first-order valence-electron chi connectivity index (χ1n) is 4.59. The van der Waals surface area contributed by atoms with Crippen LogP contribution >= 0.6 is 0 Å². The molecule has 0 amide bonds. The Hall–Kier alpha value is -0.830. The molecule has 1 aliphatic heterocycles. The molecule has 0 bridgehead atoms. The standard InChI is InChI=1S/C10H17NO2/c1-4-5-8-6-7-11-10(8,2)9(12)13-3/h4,8,11H,1,5-7H2,2-3H3. The van der Waals surface area contributed by atoms with Crippen LogP contribution in [0.3, 0.4) is 0 Å². The summed E-state index contributed by atoms with van der Waals surface area (Å²) >= 11 is 0. The Morgan fingerprint density at radius 2 is 2.54 bits per heavy atom. The van der Waals surface area contributed by atoms with E-state index in [9.17, 15) is 4.79 Å². The smallest absolute Gasteiger partial charge is 0.326 e. The molecule has 3 nitrogen and oxygen atoms in total. The van der Waals surface area contributed by atoms with Gasteiger partial charge in [-0.05, 0) is 32.2 Å². The molecule has 2 unspecified atom stereocenters. The number of rotatable bonds is 3. The third kappa shape index (κ3) is 1.75. The second kappa shape index (κ2) is 3.92. The fourth-order valence-corrected chi connectivity index (χ4v) is 1.94. The maximum absolute atomic E-state index is 11.5. The molecule has 0 radical (unpaired) electrons. The normalized spacial score (nSPS) is 32.9. The van der Waals surface area contributed by atoms with E-state index in [1.54, 1.807) is 0 Å². The summed E-state index contributed by atoms with van der Waals surface area (Å²) in [6, 6.07) is 0. The van der Waals surface area contributed by atoms with Crippen LogP contribution in [0.25, 0.3) is 0 Å². The van der Waals surface area contributed by atoms with E-state index < -0.39 is 5.54 Å². The van der Waals surface area contributed by atoms with Crippen LogP contribution in [0.5, 0.6) is 0 Å². The fourth-order valence-electron chi connectivity index (χ4n) is 1.94. The molecule has 0 spiro atoms. The van der Waals surface area contributed by atoms with Crippen molar-refractivity contribution in [2.45, 2.75) is 25.3 Å². The zero-order valence-electron chi connectivity index (χ0n) is 8.30. The van der Waals surface area contributed by atoms with Gasteiger partial charge in [0, 0.05) is 0 Å². The second-order valence-corrected chi connectivity index (χ2v) is 3.63. The highest BCUT2D eigenvalue weighted by atomic mass is 16.5. The number of carbonyl (C=O) groups excluding carboxylic acids is 1. The Kier molecular flexibility index (Phi) is 3.09. The van der Waals surface area contributed by atoms with Gasteiger partial charge < -0.3 is 10.1 Å². The Labute approximate surface area is 79.2 Å². The molecule has 1 N–H and O–H groups in total. The topological polar surface area (TPSA) is 38.3 Å². The maximum atomic E-state index is 11.5. The van der Waals surface area contributed by atoms with Gasteiger partial charge in [-0.25, -0.2) is 0 Å². The summed E-state index contributed by atoms with van der Waals surface area (Å²) < 4.78 is 4.78. The summed E-state index contributed by atoms with van der Waals surface area (Å²) in [4.78, 5) is 11.5. The van der Waals surface area contributed by atoms with E-state index in [1.807, 2.05) is 13.0 Å². The molecule has 1 fully saturated rings. The number of nitrogens with one attached hydrogen (secondary N) is 1. The first kappa shape index (κ1) is 10.3. The summed E-state index contributed by atoms with van der Waals surface area (Å²) in [7, 11) is 1.43. The van der Waals surface area contributed by atoms with Crippen LogP contribution in [0.2, 0.25) is 0 Å². The van der Waals surface area contributed by atoms with Gasteiger partial charge in [0.15, 0.2) is 0 Å². The highest BCUT2D eigenvalue weighted by molar-refractivity contribution is 5.81. The highest BCUT2D eigenvalue weighted by Crippen LogP contribution is 2.30. The molecule has 0 saturated carbocycles. The van der Waals surface area contributed by atoms with Crippen molar-refractivity contribution in [3.05, 3.63) is 12.7 Å². The molecule has 0 aromatic carbocycles. The number of esters is 1. The molecular weight excluding hydrogens is 166 g/mol. The molecule has 1 rings (SSSR count). The molecule has 13 heavy (non-hydrogen) atoms. The molecule has 1 saturated heterocycles. The minimum Gasteiger partial charge on any atom is -0.468 e. The molecule has 1 heterocycles. The van der Waals surface area contributed by atoms with Crippen LogP contribution in [-0.4, -0.2) is 25.2 Å². The first-order valence-corrected chi connectivity index (χ1v) is 4.59. The van der Waals surface area contributed by atoms with Crippen molar-refractivity contribution in [2.75, 3.05) is 13.7 Å². The number of methoxy groups -OCH3 is 1. The van der Waals surface area contributed by atoms with E-state index in [-0.39, 0.29) is 5.97 Å². The Bertz CT molecular complexity index is 215. The van der Waals surface area contributed by atoms with Crippen molar-refractivity contribution in [3.8, 4) is 0 Å². The van der Waals surface area contributed by atoms with Gasteiger partial charge >= 0.3 is 5.97 Å². The number of hydrogen-bond acceptors (Lipinski definition) is 3. The van der Waals surface area contributed by atoms with Crippen LogP contribution in [0.4, 0.5) is 0 Å². The number of allylic oxidation sites excluding steroid dienone is 1. The van der Waals surface area contributed by atoms with Gasteiger partial charge in [-0.15, -0.1) is 6.58 Å². The lowest BCUT2D eigenvalue weighted by molar-refractivity contribution is -0.148. The average Bonchev–Trinajstić information content (AvgIpc) is 2.49. The molecule has 1 aliphatic rings. The third-order valence-corrected chi connectivity index (χ3v) is 2.86. The lowest BCUT2D eigenvalue weighted by Gasteiger charge is -2.27. The zero-order valence-corrected chi connectivity index (χ0v) is 8.30. The summed E-state index contributed by atoms with van der Waals surface area (Å²) in [5.41, 5.74) is -0.511. The van der Waals surface area contributed by atoms with Gasteiger partial charge in [-0.1, -0.05) is 6.08 Å². The number of carbonyl (C=O) groups is 1. The van der Waals surface area contributed by atoms with Crippen LogP contribution in [-0.2, 0) is 9.53 Å². The van der Waals surface area contributed by atoms with E-state index in [2.05, 4.69) is 11.9 Å². The van der Waals surface area contributed by atoms with Crippen LogP contribution < -0.4 is 5.32 Å². The molecule has 3 heteroatoms. The Morgan fingerprint density at radius 3 is 3.08 bits per heavy atom. The molecule has 0 aromatic heterocycles. The predicted octanol–water partition coefficient (Wildman–Crippen LogP) is 1.10. The lowest BCUT2D eigenvalue weighted by Crippen LogP contribution is -2.49. The van der Waals surface area contributed by atoms with Gasteiger partial charge in [0.05, 0.1) is 7.11 Å². The van der Waals surface area contributed by atoms with E-state index in [1.165, 1.54) is 7.11 Å². The zero-order chi connectivity index (χ0) is 9.90. The molecule has 74 valence electrons. The van der Waals surface area contributed by atoms with E-state index in [0.717, 1.165) is 19.4 Å². The van der Waals surface area contributed by atoms with Gasteiger partial charge in [0.2, 0.25) is 0 Å². The number of hydrogen-bond donors (Lipinski definition) is 1. The van der Waals surface area contributed by atoms with Crippen molar-refractivity contribution in [1.29, 1.82) is 0 Å². The predicted molar refractivity (Wildman–Crippen MR) is 51.3 cm³/mol. The van der Waals surface area contributed by atoms with E-state index in [4.69, 9.17) is 4.74 Å². The van der Waals surface area contributed by atoms with Gasteiger partial charge in [-0.2, -0.15) is 0 Å². The van der Waals surface area contributed by atoms with Crippen LogP contribution in [0.15, 0.2) is 12.7 Å². The molecular formula is C10H17NO2. The fraction of sp³-hybridized carbons (Fsp3) is 0.700. The maximum Gasteiger partial charge on any atom is 0.326 e. The molecule has 0 aromatic rings. The van der Waals surface area contributed by atoms with Crippen molar-refractivity contribution in [1.82, 2.24) is 5.32 Å². The van der Waals surface area contributed by atoms with Crippen molar-refractivity contribution >= 4 is 5.97 Å². The summed E-state index contributed by atoms with van der Waals surface area (Å²) in [6.07, 6.45) is 3.73. The van der Waals surface area contributed by atoms with Crippen molar-refractivity contribution in [2.24, 2.45) is 5.92 Å². The second-order valence-electron chi connectivity index (χ2n) is 3.63. The third-order valence-electron chi connectivity index (χ3n) is 2.86. The van der Waals surface area contributed by atoms with Crippen molar-refractivity contribution in [3.63, 3.8) is 0 Å². The SMILES string of the molecule is C=CCC1CCNC1(C)C(=O)OC. The monoisotopic (exact) mass is 183 g/mol. The van der Waals surface area contributed by atoms with Gasteiger partial charge in [0.1, 0.15) is 5.54 Å². The lowest BCUT2D eigenvalue weighted by atomic mass is 9.85. The summed E-state index contributed by atoms with van der Waals surface area (Å²) in [5, 5.41) is 3.20.